The van der Waals surface area contributed by atoms with E-state index in [1.165, 1.54) is 16.2 Å². The molecule has 1 heterocycles. The van der Waals surface area contributed by atoms with Gasteiger partial charge in [-0.15, -0.1) is 11.3 Å². The fraction of sp³-hybridized carbons (Fsp3) is 0.588. The van der Waals surface area contributed by atoms with E-state index in [2.05, 4.69) is 16.7 Å². The van der Waals surface area contributed by atoms with Crippen molar-refractivity contribution < 1.29 is 14.5 Å². The van der Waals surface area contributed by atoms with Crippen molar-refractivity contribution in [3.63, 3.8) is 0 Å². The number of nitrogens with zero attached hydrogens (tertiary/aromatic N) is 1. The van der Waals surface area contributed by atoms with Crippen molar-refractivity contribution in [3.05, 3.63) is 16.0 Å². The van der Waals surface area contributed by atoms with Gasteiger partial charge in [0.2, 0.25) is 0 Å². The summed E-state index contributed by atoms with van der Waals surface area (Å²) in [6.07, 6.45) is 4.16. The van der Waals surface area contributed by atoms with Crippen molar-refractivity contribution in [1.82, 2.24) is 5.32 Å². The average Bonchev–Trinajstić information content (AvgIpc) is 2.82. The van der Waals surface area contributed by atoms with E-state index >= 15 is 0 Å². The number of aryl methyl sites for hydroxylation is 1. The molecular formula is C17H25N4O2S+. The molecule has 1 aromatic heterocycles. The van der Waals surface area contributed by atoms with Crippen molar-refractivity contribution in [1.29, 1.82) is 5.26 Å². The zero-order valence-electron chi connectivity index (χ0n) is 14.5. The first kappa shape index (κ1) is 18.4. The van der Waals surface area contributed by atoms with Crippen LogP contribution in [0.25, 0.3) is 0 Å². The van der Waals surface area contributed by atoms with E-state index in [1.54, 1.807) is 0 Å². The molecule has 0 spiro atoms. The molecule has 0 radical (unpaired) electrons. The maximum Gasteiger partial charge on any atom is 0.280 e. The Bertz CT molecular complexity index is 660. The Labute approximate surface area is 146 Å². The van der Waals surface area contributed by atoms with E-state index in [0.29, 0.717) is 10.6 Å². The molecule has 1 aromatic rings. The van der Waals surface area contributed by atoms with Crippen LogP contribution in [0.1, 0.15) is 42.7 Å². The van der Waals surface area contributed by atoms with Gasteiger partial charge in [-0.3, -0.25) is 9.59 Å². The fourth-order valence-electron chi connectivity index (χ4n) is 2.93. The molecule has 0 fully saturated rings. The van der Waals surface area contributed by atoms with Gasteiger partial charge < -0.3 is 15.5 Å². The molecule has 1 aliphatic rings. The summed E-state index contributed by atoms with van der Waals surface area (Å²) in [6, 6.07) is 2.33. The molecule has 24 heavy (non-hydrogen) atoms. The van der Waals surface area contributed by atoms with Crippen molar-refractivity contribution >= 4 is 28.2 Å². The smallest absolute Gasteiger partial charge is 0.280 e. The van der Waals surface area contributed by atoms with Gasteiger partial charge in [0.15, 0.2) is 13.1 Å². The lowest BCUT2D eigenvalue weighted by molar-refractivity contribution is -0.862. The van der Waals surface area contributed by atoms with E-state index in [9.17, 15) is 14.9 Å². The maximum atomic E-state index is 12.2. The molecule has 0 saturated carbocycles. The van der Waals surface area contributed by atoms with E-state index < -0.39 is 0 Å². The first-order chi connectivity index (χ1) is 11.4. The number of fused-ring (bicyclic) bond motifs is 1. The lowest BCUT2D eigenvalue weighted by Gasteiger charge is -2.14. The van der Waals surface area contributed by atoms with Crippen LogP contribution in [0, 0.1) is 11.3 Å². The minimum absolute atomic E-state index is 0.0698. The van der Waals surface area contributed by atoms with Crippen molar-refractivity contribution in [3.8, 4) is 6.07 Å². The molecule has 1 unspecified atom stereocenters. The standard InChI is InChI=1S/C17H24N4O2S/c1-11(2)19-15(22)9-21(3)10-16(23)20-17-13(8-18)12-6-4-5-7-14(12)24-17/h11H,4-7,9-10H2,1-3H3,(H,19,22)(H,20,23)/p+1. The predicted molar refractivity (Wildman–Crippen MR) is 94.2 cm³/mol. The van der Waals surface area contributed by atoms with Gasteiger partial charge in [-0.2, -0.15) is 5.26 Å². The summed E-state index contributed by atoms with van der Waals surface area (Å²) in [5.74, 6) is -0.237. The Kier molecular flexibility index (Phi) is 6.35. The Morgan fingerprint density at radius 3 is 2.58 bits per heavy atom. The molecule has 0 bridgehead atoms. The summed E-state index contributed by atoms with van der Waals surface area (Å²) in [5.41, 5.74) is 1.74. The first-order valence-corrected chi connectivity index (χ1v) is 9.17. The van der Waals surface area contributed by atoms with Crippen LogP contribution in [0.15, 0.2) is 0 Å². The van der Waals surface area contributed by atoms with Crippen LogP contribution in [0.2, 0.25) is 0 Å². The third-order valence-corrected chi connectivity index (χ3v) is 5.12. The van der Waals surface area contributed by atoms with Crippen LogP contribution in [0.5, 0.6) is 0 Å². The Hall–Kier alpha value is -1.91. The van der Waals surface area contributed by atoms with Crippen molar-refractivity contribution in [2.45, 2.75) is 45.6 Å². The number of anilines is 1. The largest absolute Gasteiger partial charge is 0.349 e. The van der Waals surface area contributed by atoms with Gasteiger partial charge in [0, 0.05) is 10.9 Å². The van der Waals surface area contributed by atoms with Gasteiger partial charge in [0.1, 0.15) is 11.1 Å². The molecule has 0 aliphatic heterocycles. The minimum atomic E-state index is -0.167. The highest BCUT2D eigenvalue weighted by atomic mass is 32.1. The number of nitrogens with one attached hydrogen (secondary N) is 3. The third-order valence-electron chi connectivity index (χ3n) is 3.91. The van der Waals surface area contributed by atoms with E-state index in [4.69, 9.17) is 0 Å². The van der Waals surface area contributed by atoms with Crippen LogP contribution >= 0.6 is 11.3 Å². The second-order valence-corrected chi connectivity index (χ2v) is 7.71. The van der Waals surface area contributed by atoms with Gasteiger partial charge >= 0.3 is 0 Å². The summed E-state index contributed by atoms with van der Waals surface area (Å²) in [7, 11) is 1.81. The second-order valence-electron chi connectivity index (χ2n) is 6.61. The van der Waals surface area contributed by atoms with Gasteiger partial charge in [-0.25, -0.2) is 0 Å². The number of carbonyl (C=O) groups is 2. The van der Waals surface area contributed by atoms with Gasteiger partial charge in [-0.05, 0) is 45.1 Å². The van der Waals surface area contributed by atoms with Crippen LogP contribution in [-0.2, 0) is 22.4 Å². The molecule has 7 heteroatoms. The van der Waals surface area contributed by atoms with Crippen molar-refractivity contribution in [2.24, 2.45) is 0 Å². The molecule has 0 aromatic carbocycles. The number of carbonyl (C=O) groups excluding carboxylic acids is 2. The predicted octanol–water partition coefficient (Wildman–Crippen LogP) is 0.476. The lowest BCUT2D eigenvalue weighted by atomic mass is 9.96. The highest BCUT2D eigenvalue weighted by molar-refractivity contribution is 7.16. The fourth-order valence-corrected chi connectivity index (χ4v) is 4.18. The zero-order chi connectivity index (χ0) is 17.7. The molecule has 1 atom stereocenters. The average molecular weight is 349 g/mol. The lowest BCUT2D eigenvalue weighted by Crippen LogP contribution is -3.11. The number of quaternary nitrogens is 1. The summed E-state index contributed by atoms with van der Waals surface area (Å²) in [6.45, 7) is 4.25. The molecule has 1 aliphatic carbocycles. The Balaban J connectivity index is 1.94. The zero-order valence-corrected chi connectivity index (χ0v) is 15.3. The van der Waals surface area contributed by atoms with E-state index in [-0.39, 0.29) is 30.9 Å². The van der Waals surface area contributed by atoms with E-state index in [1.807, 2.05) is 20.9 Å². The third kappa shape index (κ3) is 4.79. The number of hydrogen-bond donors (Lipinski definition) is 3. The van der Waals surface area contributed by atoms with Gasteiger partial charge in [0.05, 0.1) is 12.6 Å². The highest BCUT2D eigenvalue weighted by Crippen LogP contribution is 2.37. The normalized spacial score (nSPS) is 14.6. The number of thiophene rings is 1. The maximum absolute atomic E-state index is 12.2. The SMILES string of the molecule is CC(C)NC(=O)C[NH+](C)CC(=O)Nc1sc2c(c1C#N)CCCC2. The number of nitriles is 1. The number of rotatable bonds is 6. The molecule has 3 N–H and O–H groups in total. The summed E-state index contributed by atoms with van der Waals surface area (Å²) < 4.78 is 0. The van der Waals surface area contributed by atoms with Gasteiger partial charge in [0.25, 0.3) is 11.8 Å². The second kappa shape index (κ2) is 8.27. The van der Waals surface area contributed by atoms with Crippen LogP contribution in [-0.4, -0.2) is 38.0 Å². The quantitative estimate of drug-likeness (QED) is 0.698. The number of likely N-dealkylation sites (N-methyl/N-ethyl adjacent to an activating group) is 1. The van der Waals surface area contributed by atoms with Crippen LogP contribution in [0.4, 0.5) is 5.00 Å². The molecule has 130 valence electrons. The van der Waals surface area contributed by atoms with Crippen molar-refractivity contribution in [2.75, 3.05) is 25.5 Å². The summed E-state index contributed by atoms with van der Waals surface area (Å²) >= 11 is 1.52. The van der Waals surface area contributed by atoms with Gasteiger partial charge in [-0.1, -0.05) is 0 Å². The van der Waals surface area contributed by atoms with Crippen LogP contribution in [0.3, 0.4) is 0 Å². The Morgan fingerprint density at radius 1 is 1.25 bits per heavy atom. The number of hydrogen-bond acceptors (Lipinski definition) is 4. The summed E-state index contributed by atoms with van der Waals surface area (Å²) in [5, 5.41) is 15.8. The van der Waals surface area contributed by atoms with Crippen LogP contribution < -0.4 is 15.5 Å². The highest BCUT2D eigenvalue weighted by Gasteiger charge is 2.23. The molecular weight excluding hydrogens is 324 g/mol. The molecule has 2 rings (SSSR count). The minimum Gasteiger partial charge on any atom is -0.349 e. The first-order valence-electron chi connectivity index (χ1n) is 8.35. The topological polar surface area (TPSA) is 86.4 Å². The monoisotopic (exact) mass is 349 g/mol. The molecule has 6 nitrogen and oxygen atoms in total. The number of amides is 2. The molecule has 0 saturated heterocycles. The molecule has 2 amide bonds. The Morgan fingerprint density at radius 2 is 1.92 bits per heavy atom. The van der Waals surface area contributed by atoms with E-state index in [0.717, 1.165) is 36.1 Å². The summed E-state index contributed by atoms with van der Waals surface area (Å²) in [4.78, 5) is 26.0.